The van der Waals surface area contributed by atoms with Crippen LogP contribution in [-0.2, 0) is 11.3 Å². The summed E-state index contributed by atoms with van der Waals surface area (Å²) in [5.74, 6) is 0.0334. The van der Waals surface area contributed by atoms with E-state index in [0.29, 0.717) is 25.2 Å². The SMILES string of the molecule is Cc1ccc(CNC(=O)[C@]2(C)CCCN(C(=O)c3ccc(C)c(C)c3)C2)cc1. The number of benzene rings is 2. The van der Waals surface area contributed by atoms with Gasteiger partial charge in [-0.2, -0.15) is 0 Å². The van der Waals surface area contributed by atoms with E-state index in [0.717, 1.165) is 24.0 Å². The van der Waals surface area contributed by atoms with Crippen LogP contribution in [0.3, 0.4) is 0 Å². The zero-order valence-electron chi connectivity index (χ0n) is 17.3. The number of amides is 2. The van der Waals surface area contributed by atoms with Gasteiger partial charge in [-0.05, 0) is 69.4 Å². The molecule has 0 aromatic heterocycles. The van der Waals surface area contributed by atoms with Crippen molar-refractivity contribution in [3.05, 3.63) is 70.3 Å². The van der Waals surface area contributed by atoms with Gasteiger partial charge < -0.3 is 10.2 Å². The molecule has 0 saturated carbocycles. The van der Waals surface area contributed by atoms with Gasteiger partial charge in [-0.1, -0.05) is 35.9 Å². The van der Waals surface area contributed by atoms with Crippen LogP contribution in [0.15, 0.2) is 42.5 Å². The summed E-state index contributed by atoms with van der Waals surface area (Å²) in [5.41, 5.74) is 4.72. The third-order valence-corrected chi connectivity index (χ3v) is 5.86. The highest BCUT2D eigenvalue weighted by atomic mass is 16.2. The molecule has 2 aromatic rings. The standard InChI is InChI=1S/C24H30N2O2/c1-17-6-9-20(10-7-17)15-25-23(28)24(4)12-5-13-26(16-24)22(27)21-11-8-18(2)19(3)14-21/h6-11,14H,5,12-13,15-16H2,1-4H3,(H,25,28)/t24-/m1/s1. The summed E-state index contributed by atoms with van der Waals surface area (Å²) in [6.07, 6.45) is 1.63. The van der Waals surface area contributed by atoms with Crippen molar-refractivity contribution in [3.63, 3.8) is 0 Å². The molecule has 2 amide bonds. The van der Waals surface area contributed by atoms with Crippen LogP contribution in [0.1, 0.15) is 52.4 Å². The van der Waals surface area contributed by atoms with Gasteiger partial charge >= 0.3 is 0 Å². The molecule has 28 heavy (non-hydrogen) atoms. The van der Waals surface area contributed by atoms with E-state index >= 15 is 0 Å². The molecule has 4 heteroatoms. The molecule has 1 aliphatic rings. The monoisotopic (exact) mass is 378 g/mol. The van der Waals surface area contributed by atoms with Gasteiger partial charge in [0.1, 0.15) is 0 Å². The maximum Gasteiger partial charge on any atom is 0.253 e. The van der Waals surface area contributed by atoms with Crippen molar-refractivity contribution in [1.82, 2.24) is 10.2 Å². The van der Waals surface area contributed by atoms with Crippen LogP contribution in [0, 0.1) is 26.2 Å². The number of rotatable bonds is 4. The summed E-state index contributed by atoms with van der Waals surface area (Å²) < 4.78 is 0. The maximum atomic E-state index is 13.0. The van der Waals surface area contributed by atoms with E-state index in [1.54, 1.807) is 0 Å². The van der Waals surface area contributed by atoms with Gasteiger partial charge in [-0.25, -0.2) is 0 Å². The third kappa shape index (κ3) is 4.44. The average Bonchev–Trinajstić information content (AvgIpc) is 2.69. The Bertz CT molecular complexity index is 873. The fraction of sp³-hybridized carbons (Fsp3) is 0.417. The highest BCUT2D eigenvalue weighted by molar-refractivity contribution is 5.95. The van der Waals surface area contributed by atoms with Gasteiger partial charge in [0, 0.05) is 25.2 Å². The molecule has 148 valence electrons. The highest BCUT2D eigenvalue weighted by Crippen LogP contribution is 2.31. The molecule has 2 aromatic carbocycles. The molecule has 1 saturated heterocycles. The van der Waals surface area contributed by atoms with Gasteiger partial charge in [0.15, 0.2) is 0 Å². The molecule has 0 bridgehead atoms. The number of hydrogen-bond donors (Lipinski definition) is 1. The van der Waals surface area contributed by atoms with Crippen molar-refractivity contribution in [1.29, 1.82) is 0 Å². The third-order valence-electron chi connectivity index (χ3n) is 5.86. The van der Waals surface area contributed by atoms with Crippen LogP contribution in [0.25, 0.3) is 0 Å². The Hall–Kier alpha value is -2.62. The minimum Gasteiger partial charge on any atom is -0.351 e. The number of carbonyl (C=O) groups is 2. The molecule has 0 radical (unpaired) electrons. The smallest absolute Gasteiger partial charge is 0.253 e. The van der Waals surface area contributed by atoms with Gasteiger partial charge in [0.05, 0.1) is 5.41 Å². The largest absolute Gasteiger partial charge is 0.351 e. The summed E-state index contributed by atoms with van der Waals surface area (Å²) in [7, 11) is 0. The Balaban J connectivity index is 1.66. The lowest BCUT2D eigenvalue weighted by atomic mass is 9.80. The Morgan fingerprint density at radius 2 is 1.75 bits per heavy atom. The molecule has 1 fully saturated rings. The van der Waals surface area contributed by atoms with Gasteiger partial charge in [-0.3, -0.25) is 9.59 Å². The zero-order valence-corrected chi connectivity index (χ0v) is 17.3. The van der Waals surface area contributed by atoms with Crippen LogP contribution < -0.4 is 5.32 Å². The summed E-state index contributed by atoms with van der Waals surface area (Å²) in [5, 5.41) is 3.07. The first kappa shape index (κ1) is 20.1. The molecule has 1 aliphatic heterocycles. The number of nitrogens with one attached hydrogen (secondary N) is 1. The van der Waals surface area contributed by atoms with Crippen LogP contribution in [0.2, 0.25) is 0 Å². The maximum absolute atomic E-state index is 13.0. The van der Waals surface area contributed by atoms with Crippen molar-refractivity contribution in [2.24, 2.45) is 5.41 Å². The number of nitrogens with zero attached hydrogens (tertiary/aromatic N) is 1. The fourth-order valence-corrected chi connectivity index (χ4v) is 3.76. The van der Waals surface area contributed by atoms with Crippen molar-refractivity contribution < 1.29 is 9.59 Å². The molecule has 1 N–H and O–H groups in total. The first-order chi connectivity index (χ1) is 13.3. The van der Waals surface area contributed by atoms with Crippen LogP contribution >= 0.6 is 0 Å². The Morgan fingerprint density at radius 1 is 1.04 bits per heavy atom. The summed E-state index contributed by atoms with van der Waals surface area (Å²) in [6, 6.07) is 14.0. The Morgan fingerprint density at radius 3 is 2.43 bits per heavy atom. The lowest BCUT2D eigenvalue weighted by Gasteiger charge is -2.39. The molecular weight excluding hydrogens is 348 g/mol. The molecule has 0 aliphatic carbocycles. The van der Waals surface area contributed by atoms with E-state index in [1.165, 1.54) is 11.1 Å². The molecule has 0 spiro atoms. The predicted octanol–water partition coefficient (Wildman–Crippen LogP) is 4.17. The lowest BCUT2D eigenvalue weighted by Crippen LogP contribution is -2.51. The number of hydrogen-bond acceptors (Lipinski definition) is 2. The number of carbonyl (C=O) groups excluding carboxylic acids is 2. The second-order valence-corrected chi connectivity index (χ2v) is 8.36. The molecule has 4 nitrogen and oxygen atoms in total. The van der Waals surface area contributed by atoms with Gasteiger partial charge in [0.2, 0.25) is 5.91 Å². The van der Waals surface area contributed by atoms with Crippen LogP contribution in [-0.4, -0.2) is 29.8 Å². The molecule has 1 atom stereocenters. The van der Waals surface area contributed by atoms with E-state index < -0.39 is 5.41 Å². The van der Waals surface area contributed by atoms with Crippen molar-refractivity contribution in [3.8, 4) is 0 Å². The quantitative estimate of drug-likeness (QED) is 0.868. The zero-order chi connectivity index (χ0) is 20.3. The normalized spacial score (nSPS) is 19.4. The number of piperidine rings is 1. The Labute approximate surface area is 167 Å². The molecule has 1 heterocycles. The van der Waals surface area contributed by atoms with Crippen molar-refractivity contribution in [2.75, 3.05) is 13.1 Å². The van der Waals surface area contributed by atoms with Gasteiger partial charge in [-0.15, -0.1) is 0 Å². The number of aryl methyl sites for hydroxylation is 3. The molecule has 0 unspecified atom stereocenters. The van der Waals surface area contributed by atoms with Gasteiger partial charge in [0.25, 0.3) is 5.91 Å². The Kier molecular flexibility index (Phi) is 5.87. The molecular formula is C24H30N2O2. The second kappa shape index (κ2) is 8.17. The highest BCUT2D eigenvalue weighted by Gasteiger charge is 2.39. The van der Waals surface area contributed by atoms with E-state index in [1.807, 2.05) is 75.1 Å². The first-order valence-corrected chi connectivity index (χ1v) is 9.99. The number of likely N-dealkylation sites (tertiary alicyclic amines) is 1. The predicted molar refractivity (Wildman–Crippen MR) is 112 cm³/mol. The summed E-state index contributed by atoms with van der Waals surface area (Å²) in [6.45, 7) is 9.75. The van der Waals surface area contributed by atoms with E-state index in [-0.39, 0.29) is 11.8 Å². The topological polar surface area (TPSA) is 49.4 Å². The summed E-state index contributed by atoms with van der Waals surface area (Å²) >= 11 is 0. The minimum atomic E-state index is -0.557. The summed E-state index contributed by atoms with van der Waals surface area (Å²) in [4.78, 5) is 27.7. The lowest BCUT2D eigenvalue weighted by molar-refractivity contribution is -0.132. The van der Waals surface area contributed by atoms with Crippen LogP contribution in [0.5, 0.6) is 0 Å². The van der Waals surface area contributed by atoms with Crippen LogP contribution in [0.4, 0.5) is 0 Å². The van der Waals surface area contributed by atoms with E-state index in [9.17, 15) is 9.59 Å². The van der Waals surface area contributed by atoms with Crippen molar-refractivity contribution >= 4 is 11.8 Å². The fourth-order valence-electron chi connectivity index (χ4n) is 3.76. The molecule has 3 rings (SSSR count). The minimum absolute atomic E-state index is 0.0142. The first-order valence-electron chi connectivity index (χ1n) is 9.99. The van der Waals surface area contributed by atoms with E-state index in [4.69, 9.17) is 0 Å². The average molecular weight is 379 g/mol. The van der Waals surface area contributed by atoms with E-state index in [2.05, 4.69) is 5.32 Å². The second-order valence-electron chi connectivity index (χ2n) is 8.36. The van der Waals surface area contributed by atoms with Crippen molar-refractivity contribution in [2.45, 2.75) is 47.1 Å².